The van der Waals surface area contributed by atoms with Gasteiger partial charge in [-0.2, -0.15) is 25.3 Å². The van der Waals surface area contributed by atoms with E-state index >= 15 is 0 Å². The van der Waals surface area contributed by atoms with Gasteiger partial charge in [0.15, 0.2) is 0 Å². The number of hydrogen-bond donors (Lipinski definition) is 2. The maximum Gasteiger partial charge on any atom is 0.264 e. The number of hydrogen-bond acceptors (Lipinski definition) is 8. The third-order valence-corrected chi connectivity index (χ3v) is 13.7. The Morgan fingerprint density at radius 3 is 1.09 bits per heavy atom. The van der Waals surface area contributed by atoms with Crippen molar-refractivity contribution in [2.45, 2.75) is 80.3 Å². The smallest absolute Gasteiger partial charge is 0.264 e. The van der Waals surface area contributed by atoms with E-state index in [2.05, 4.69) is 23.6 Å². The monoisotopic (exact) mass is 796 g/mol. The summed E-state index contributed by atoms with van der Waals surface area (Å²) in [6, 6.07) is 32.6. The molecule has 4 aromatic rings. The van der Waals surface area contributed by atoms with Crippen LogP contribution in [0.5, 0.6) is 0 Å². The highest BCUT2D eigenvalue weighted by atomic mass is 32.2. The molecule has 0 heterocycles. The first kappa shape index (κ1) is 42.7. The molecule has 0 aliphatic carbocycles. The minimum atomic E-state index is -3.72. The van der Waals surface area contributed by atoms with Crippen molar-refractivity contribution in [3.05, 3.63) is 120 Å². The van der Waals surface area contributed by atoms with E-state index in [1.807, 2.05) is 98.8 Å². The number of anilines is 2. The summed E-state index contributed by atoms with van der Waals surface area (Å²) in [6.45, 7) is 11.9. The minimum Gasteiger partial charge on any atom is -0.292 e. The fraction of sp³-hybridized carbons (Fsp3) is 0.415. The van der Waals surface area contributed by atoms with Crippen molar-refractivity contribution in [1.29, 1.82) is 0 Å². The Hall–Kier alpha value is -3.00. The summed E-state index contributed by atoms with van der Waals surface area (Å²) in [5, 5.41) is 0.0678. The third kappa shape index (κ3) is 12.5. The van der Waals surface area contributed by atoms with Crippen LogP contribution in [0.25, 0.3) is 0 Å². The standard InChI is InChI=1S/C41H56N4O4S4/c1-34-20-24-40(25-21-34)52(46,47)44(38-16-8-5-9-17-38)32-14-30-42(36(3)50)28-12-7-13-29-43(37(4)51)31-15-33-45(39-18-10-6-11-19-39)53(48,49)41-26-22-35(2)23-27-41/h5-6,8-11,16-27,36-37,50-51H,7,12-15,28-33H2,1-4H3. The summed E-state index contributed by atoms with van der Waals surface area (Å²) in [6.07, 6.45) is 4.31. The van der Waals surface area contributed by atoms with Crippen LogP contribution < -0.4 is 8.61 Å². The first-order chi connectivity index (χ1) is 25.3. The molecule has 4 rings (SSSR count). The maximum absolute atomic E-state index is 13.7. The van der Waals surface area contributed by atoms with Gasteiger partial charge in [0.05, 0.1) is 21.2 Å². The summed E-state index contributed by atoms with van der Waals surface area (Å²) in [5.41, 5.74) is 3.34. The molecule has 0 aliphatic rings. The van der Waals surface area contributed by atoms with Crippen molar-refractivity contribution >= 4 is 56.7 Å². The summed E-state index contributed by atoms with van der Waals surface area (Å²) in [7, 11) is -7.45. The van der Waals surface area contributed by atoms with Gasteiger partial charge in [-0.05, 0) is 115 Å². The molecule has 4 aromatic carbocycles. The molecule has 0 aliphatic heterocycles. The van der Waals surface area contributed by atoms with E-state index < -0.39 is 20.0 Å². The van der Waals surface area contributed by atoms with Crippen LogP contribution in [0.1, 0.15) is 57.1 Å². The average Bonchev–Trinajstić information content (AvgIpc) is 3.13. The third-order valence-electron chi connectivity index (χ3n) is 9.37. The molecular weight excluding hydrogens is 741 g/mol. The van der Waals surface area contributed by atoms with E-state index in [0.717, 1.165) is 56.6 Å². The quantitative estimate of drug-likeness (QED) is 0.0472. The normalized spacial score (nSPS) is 13.3. The van der Waals surface area contributed by atoms with Crippen LogP contribution in [0, 0.1) is 13.8 Å². The van der Waals surface area contributed by atoms with Crippen LogP contribution in [0.4, 0.5) is 11.4 Å². The highest BCUT2D eigenvalue weighted by molar-refractivity contribution is 7.93. The van der Waals surface area contributed by atoms with Crippen LogP contribution in [0.3, 0.4) is 0 Å². The number of thiol groups is 2. The van der Waals surface area contributed by atoms with Gasteiger partial charge < -0.3 is 0 Å². The maximum atomic E-state index is 13.7. The summed E-state index contributed by atoms with van der Waals surface area (Å²) in [5.74, 6) is 0. The van der Waals surface area contributed by atoms with E-state index in [1.54, 1.807) is 24.3 Å². The molecule has 8 nitrogen and oxygen atoms in total. The second kappa shape index (κ2) is 20.6. The number of benzene rings is 4. The van der Waals surface area contributed by atoms with E-state index in [4.69, 9.17) is 25.3 Å². The number of aryl methyl sites for hydroxylation is 2. The van der Waals surface area contributed by atoms with Crippen LogP contribution >= 0.6 is 25.3 Å². The molecule has 288 valence electrons. The highest BCUT2D eigenvalue weighted by Crippen LogP contribution is 2.26. The Balaban J connectivity index is 1.28. The molecule has 0 amide bonds. The van der Waals surface area contributed by atoms with E-state index in [9.17, 15) is 16.8 Å². The number of nitrogens with zero attached hydrogens (tertiary/aromatic N) is 4. The van der Waals surface area contributed by atoms with Crippen molar-refractivity contribution < 1.29 is 16.8 Å². The van der Waals surface area contributed by atoms with Gasteiger partial charge >= 0.3 is 0 Å². The lowest BCUT2D eigenvalue weighted by Crippen LogP contribution is -2.37. The Labute approximate surface area is 330 Å². The predicted octanol–water partition coefficient (Wildman–Crippen LogP) is 8.50. The molecule has 53 heavy (non-hydrogen) atoms. The lowest BCUT2D eigenvalue weighted by Gasteiger charge is -2.29. The molecule has 0 aromatic heterocycles. The van der Waals surface area contributed by atoms with Gasteiger partial charge in [0.1, 0.15) is 0 Å². The molecule has 0 saturated carbocycles. The summed E-state index contributed by atoms with van der Waals surface area (Å²) in [4.78, 5) is 5.18. The van der Waals surface area contributed by atoms with Gasteiger partial charge in [-0.15, -0.1) is 0 Å². The number of unbranched alkanes of at least 4 members (excludes halogenated alkanes) is 2. The minimum absolute atomic E-state index is 0.0339. The van der Waals surface area contributed by atoms with Gasteiger partial charge in [-0.1, -0.05) is 78.2 Å². The van der Waals surface area contributed by atoms with Crippen molar-refractivity contribution in [1.82, 2.24) is 9.80 Å². The average molecular weight is 797 g/mol. The number of rotatable bonds is 22. The molecule has 0 N–H and O–H groups in total. The Kier molecular flexibility index (Phi) is 16.6. The van der Waals surface area contributed by atoms with Crippen LogP contribution in [0.2, 0.25) is 0 Å². The van der Waals surface area contributed by atoms with Gasteiger partial charge in [-0.3, -0.25) is 18.4 Å². The largest absolute Gasteiger partial charge is 0.292 e. The zero-order valence-corrected chi connectivity index (χ0v) is 34.9. The zero-order valence-electron chi connectivity index (χ0n) is 31.5. The fourth-order valence-corrected chi connectivity index (χ4v) is 9.72. The molecule has 0 saturated heterocycles. The lowest BCUT2D eigenvalue weighted by atomic mass is 10.2. The molecule has 2 atom stereocenters. The van der Waals surface area contributed by atoms with Crippen LogP contribution in [0.15, 0.2) is 119 Å². The molecule has 0 radical (unpaired) electrons. The lowest BCUT2D eigenvalue weighted by molar-refractivity contribution is 0.243. The summed E-state index contributed by atoms with van der Waals surface area (Å²) >= 11 is 9.51. The number of para-hydroxylation sites is 2. The highest BCUT2D eigenvalue weighted by Gasteiger charge is 2.26. The van der Waals surface area contributed by atoms with E-state index in [-0.39, 0.29) is 20.5 Å². The number of sulfonamides is 2. The van der Waals surface area contributed by atoms with Crippen molar-refractivity contribution in [2.24, 2.45) is 0 Å². The van der Waals surface area contributed by atoms with Crippen molar-refractivity contribution in [3.63, 3.8) is 0 Å². The Morgan fingerprint density at radius 1 is 0.453 bits per heavy atom. The van der Waals surface area contributed by atoms with Gasteiger partial charge in [0.25, 0.3) is 20.0 Å². The SMILES string of the molecule is Cc1ccc(S(=O)(=O)N(CCCN(CCCCCN(CCCN(c2ccccc2)S(=O)(=O)c2ccc(C)cc2)C(C)S)C(C)S)c2ccccc2)cc1. The zero-order chi connectivity index (χ0) is 38.4. The second-order valence-corrected chi connectivity index (χ2v) is 18.8. The van der Waals surface area contributed by atoms with Crippen LogP contribution in [-0.4, -0.2) is 76.7 Å². The first-order valence-corrected chi connectivity index (χ1v) is 22.3. The first-order valence-electron chi connectivity index (χ1n) is 18.4. The fourth-order valence-electron chi connectivity index (χ4n) is 6.25. The van der Waals surface area contributed by atoms with Gasteiger partial charge in [0.2, 0.25) is 0 Å². The van der Waals surface area contributed by atoms with E-state index in [1.165, 1.54) is 8.61 Å². The molecule has 0 fully saturated rings. The predicted molar refractivity (Wildman–Crippen MR) is 227 cm³/mol. The Bertz CT molecular complexity index is 1740. The molecule has 12 heteroatoms. The Morgan fingerprint density at radius 2 is 0.774 bits per heavy atom. The molecule has 0 spiro atoms. The van der Waals surface area contributed by atoms with Gasteiger partial charge in [-0.25, -0.2) is 16.8 Å². The van der Waals surface area contributed by atoms with Crippen molar-refractivity contribution in [3.8, 4) is 0 Å². The van der Waals surface area contributed by atoms with E-state index in [0.29, 0.717) is 37.3 Å². The second-order valence-electron chi connectivity index (χ2n) is 13.6. The molecule has 0 bridgehead atoms. The summed E-state index contributed by atoms with van der Waals surface area (Å²) < 4.78 is 58.0. The molecular formula is C41H56N4O4S4. The molecule has 2 unspecified atom stereocenters. The topological polar surface area (TPSA) is 81.2 Å². The van der Waals surface area contributed by atoms with Crippen LogP contribution in [-0.2, 0) is 20.0 Å². The van der Waals surface area contributed by atoms with Crippen molar-refractivity contribution in [2.75, 3.05) is 47.9 Å². The van der Waals surface area contributed by atoms with Gasteiger partial charge in [0, 0.05) is 36.9 Å².